The van der Waals surface area contributed by atoms with Crippen LogP contribution in [0.3, 0.4) is 0 Å². The third-order valence-corrected chi connectivity index (χ3v) is 8.39. The third-order valence-electron chi connectivity index (χ3n) is 8.39. The van der Waals surface area contributed by atoms with Crippen LogP contribution in [0.1, 0.15) is 33.5 Å². The molecule has 1 amide bonds. The summed E-state index contributed by atoms with van der Waals surface area (Å²) >= 11 is 0. The lowest BCUT2D eigenvalue weighted by atomic mass is 9.60. The fraction of sp³-hybridized carbons (Fsp3) is 0.345. The summed E-state index contributed by atoms with van der Waals surface area (Å²) in [6.07, 6.45) is -4.30. The molecule has 5 rings (SSSR count). The molecule has 0 heterocycles. The second-order valence-electron chi connectivity index (χ2n) is 10.9. The molecular weight excluding hydrogens is 543 g/mol. The van der Waals surface area contributed by atoms with Gasteiger partial charge in [-0.1, -0.05) is 12.1 Å². The molecule has 3 aliphatic carbocycles. The van der Waals surface area contributed by atoms with E-state index >= 15 is 0 Å². The summed E-state index contributed by atoms with van der Waals surface area (Å²) in [5, 5.41) is 33.3. The van der Waals surface area contributed by atoms with E-state index in [-0.39, 0.29) is 36.1 Å². The highest BCUT2D eigenvalue weighted by Crippen LogP contribution is 2.52. The van der Waals surface area contributed by atoms with Crippen molar-refractivity contribution in [2.45, 2.75) is 31.6 Å². The van der Waals surface area contributed by atoms with Gasteiger partial charge in [-0.3, -0.25) is 19.3 Å². The number of aliphatic hydroxyl groups excluding tert-OH is 2. The molecule has 9 nitrogen and oxygen atoms in total. The Hall–Kier alpha value is -4.16. The lowest BCUT2D eigenvalue weighted by Gasteiger charge is -2.46. The van der Waals surface area contributed by atoms with E-state index in [9.17, 15) is 42.9 Å². The summed E-state index contributed by atoms with van der Waals surface area (Å²) in [4.78, 5) is 41.0. The monoisotopic (exact) mass is 571 g/mol. The molecule has 7 N–H and O–H groups in total. The Labute approximate surface area is 232 Å². The summed E-state index contributed by atoms with van der Waals surface area (Å²) in [7, 11) is 3.25. The minimum Gasteiger partial charge on any atom is -0.511 e. The van der Waals surface area contributed by atoms with Crippen molar-refractivity contribution < 1.29 is 42.9 Å². The van der Waals surface area contributed by atoms with E-state index in [1.165, 1.54) is 18.2 Å². The number of phenols is 1. The zero-order chi connectivity index (χ0) is 30.1. The second kappa shape index (κ2) is 9.74. The fourth-order valence-electron chi connectivity index (χ4n) is 6.64. The van der Waals surface area contributed by atoms with Crippen LogP contribution in [0.2, 0.25) is 0 Å². The van der Waals surface area contributed by atoms with Gasteiger partial charge in [0, 0.05) is 17.7 Å². The van der Waals surface area contributed by atoms with Gasteiger partial charge < -0.3 is 26.8 Å². The lowest BCUT2D eigenvalue weighted by molar-refractivity contribution is -0.137. The van der Waals surface area contributed by atoms with Crippen LogP contribution >= 0.6 is 0 Å². The van der Waals surface area contributed by atoms with Crippen molar-refractivity contribution in [1.82, 2.24) is 4.90 Å². The molecule has 3 aliphatic rings. The molecule has 0 saturated carbocycles. The number of ketones is 2. The highest BCUT2D eigenvalue weighted by Gasteiger charge is 2.54. The van der Waals surface area contributed by atoms with E-state index in [0.29, 0.717) is 16.7 Å². The zero-order valence-electron chi connectivity index (χ0n) is 22.1. The molecular formula is C29H28F3N3O6. The molecule has 41 heavy (non-hydrogen) atoms. The molecule has 0 saturated heterocycles. The summed E-state index contributed by atoms with van der Waals surface area (Å²) in [5.41, 5.74) is 10.8. The first kappa shape index (κ1) is 28.4. The molecule has 0 aromatic heterocycles. The second-order valence-corrected chi connectivity index (χ2v) is 10.9. The van der Waals surface area contributed by atoms with Crippen molar-refractivity contribution in [3.63, 3.8) is 0 Å². The number of carbonyl (C=O) groups is 3. The number of aromatic hydroxyl groups is 1. The van der Waals surface area contributed by atoms with Crippen molar-refractivity contribution in [3.05, 3.63) is 75.3 Å². The zero-order valence-corrected chi connectivity index (χ0v) is 22.1. The SMILES string of the molecule is CN(C)[C@H]1C(O)=C(C(N)=O)C(=O)C2C(O)=C3C(=O)c4c(O)c(CN)cc(-c5ccc(C(F)(F)F)cc5)c4CC3CC21. The predicted molar refractivity (Wildman–Crippen MR) is 141 cm³/mol. The topological polar surface area (TPSA) is 167 Å². The number of nitrogens with zero attached hydrogens (tertiary/aromatic N) is 1. The molecule has 0 radical (unpaired) electrons. The fourth-order valence-corrected chi connectivity index (χ4v) is 6.64. The number of amides is 1. The van der Waals surface area contributed by atoms with Gasteiger partial charge in [0.2, 0.25) is 0 Å². The number of carbonyl (C=O) groups excluding carboxylic acids is 3. The Morgan fingerprint density at radius 2 is 1.71 bits per heavy atom. The van der Waals surface area contributed by atoms with Crippen LogP contribution in [0.15, 0.2) is 53.0 Å². The third kappa shape index (κ3) is 4.29. The highest BCUT2D eigenvalue weighted by molar-refractivity contribution is 6.22. The summed E-state index contributed by atoms with van der Waals surface area (Å²) in [6.45, 7) is -0.186. The van der Waals surface area contributed by atoms with Gasteiger partial charge in [-0.25, -0.2) is 0 Å². The van der Waals surface area contributed by atoms with Gasteiger partial charge in [-0.05, 0) is 73.7 Å². The standard InChI is InChI=1S/C29H28F3N3O6/c1-35(2)22-17-8-12-7-16-15(11-3-5-14(6-4-11)29(30,31)32)9-13(10-33)23(36)19(16)24(37)18(12)25(38)20(17)26(39)21(27(22)40)28(34)41/h3-6,9,12,17,20,22,36,38,40H,7-8,10,33H2,1-2H3,(H2,34,41)/t12?,17?,20?,22-/m1/s1. The normalized spacial score (nSPS) is 24.4. The highest BCUT2D eigenvalue weighted by atomic mass is 19.4. The summed E-state index contributed by atoms with van der Waals surface area (Å²) < 4.78 is 39.6. The first-order valence-corrected chi connectivity index (χ1v) is 12.9. The van der Waals surface area contributed by atoms with Crippen LogP contribution in [0.4, 0.5) is 13.2 Å². The van der Waals surface area contributed by atoms with E-state index in [2.05, 4.69) is 0 Å². The Morgan fingerprint density at radius 3 is 2.24 bits per heavy atom. The molecule has 2 aromatic rings. The van der Waals surface area contributed by atoms with Crippen molar-refractivity contribution >= 4 is 17.5 Å². The largest absolute Gasteiger partial charge is 0.511 e. The van der Waals surface area contributed by atoms with Crippen LogP contribution in [-0.4, -0.2) is 57.8 Å². The van der Waals surface area contributed by atoms with Crippen LogP contribution in [0.5, 0.6) is 5.75 Å². The number of nitrogens with two attached hydrogens (primary N) is 2. The van der Waals surface area contributed by atoms with Gasteiger partial charge in [-0.2, -0.15) is 13.2 Å². The summed E-state index contributed by atoms with van der Waals surface area (Å²) in [5.74, 6) is -7.01. The Bertz CT molecular complexity index is 1560. The van der Waals surface area contributed by atoms with E-state index < -0.39 is 75.8 Å². The van der Waals surface area contributed by atoms with Crippen molar-refractivity contribution in [1.29, 1.82) is 0 Å². The van der Waals surface area contributed by atoms with E-state index in [4.69, 9.17) is 11.5 Å². The number of primary amides is 1. The number of phenolic OH excluding ortho intramolecular Hbond substituents is 1. The maximum Gasteiger partial charge on any atom is 0.416 e. The predicted octanol–water partition coefficient (Wildman–Crippen LogP) is 3.15. The number of alkyl halides is 3. The Morgan fingerprint density at radius 1 is 1.07 bits per heavy atom. The van der Waals surface area contributed by atoms with Crippen LogP contribution < -0.4 is 11.5 Å². The van der Waals surface area contributed by atoms with Crippen LogP contribution in [0, 0.1) is 17.8 Å². The van der Waals surface area contributed by atoms with Gasteiger partial charge >= 0.3 is 6.18 Å². The first-order valence-electron chi connectivity index (χ1n) is 12.9. The average Bonchev–Trinajstić information content (AvgIpc) is 2.87. The first-order chi connectivity index (χ1) is 19.2. The van der Waals surface area contributed by atoms with Gasteiger partial charge in [0.15, 0.2) is 11.6 Å². The van der Waals surface area contributed by atoms with Crippen molar-refractivity contribution in [3.8, 4) is 16.9 Å². The number of hydrogen-bond acceptors (Lipinski definition) is 8. The quantitative estimate of drug-likeness (QED) is 0.349. The number of halogens is 3. The average molecular weight is 572 g/mol. The molecule has 0 spiro atoms. The van der Waals surface area contributed by atoms with E-state index in [1.807, 2.05) is 0 Å². The maximum absolute atomic E-state index is 14.0. The van der Waals surface area contributed by atoms with Gasteiger partial charge in [-0.15, -0.1) is 0 Å². The number of hydrogen-bond donors (Lipinski definition) is 5. The molecule has 4 atom stereocenters. The van der Waals surface area contributed by atoms with Crippen molar-refractivity contribution in [2.75, 3.05) is 14.1 Å². The molecule has 2 aromatic carbocycles. The molecule has 0 fully saturated rings. The molecule has 216 valence electrons. The Balaban J connectivity index is 1.69. The number of rotatable bonds is 4. The smallest absolute Gasteiger partial charge is 0.416 e. The number of Topliss-reactive ketones (excluding diaryl/α,β-unsaturated/α-hetero) is 2. The molecule has 3 unspecified atom stereocenters. The van der Waals surface area contributed by atoms with E-state index in [1.54, 1.807) is 19.0 Å². The van der Waals surface area contributed by atoms with Gasteiger partial charge in [0.1, 0.15) is 22.8 Å². The maximum atomic E-state index is 14.0. The molecule has 0 aliphatic heterocycles. The van der Waals surface area contributed by atoms with Gasteiger partial charge in [0.05, 0.1) is 23.1 Å². The van der Waals surface area contributed by atoms with Crippen LogP contribution in [-0.2, 0) is 28.7 Å². The molecule has 0 bridgehead atoms. The van der Waals surface area contributed by atoms with E-state index in [0.717, 1.165) is 12.1 Å². The number of benzene rings is 2. The minimum atomic E-state index is -4.55. The van der Waals surface area contributed by atoms with Crippen molar-refractivity contribution in [2.24, 2.45) is 29.2 Å². The minimum absolute atomic E-state index is 0.0972. The van der Waals surface area contributed by atoms with Crippen LogP contribution in [0.25, 0.3) is 11.1 Å². The lowest BCUT2D eigenvalue weighted by Crippen LogP contribution is -2.53. The Kier molecular flexibility index (Phi) is 6.74. The number of aliphatic hydroxyl groups is 2. The van der Waals surface area contributed by atoms with Gasteiger partial charge in [0.25, 0.3) is 5.91 Å². The summed E-state index contributed by atoms with van der Waals surface area (Å²) in [6, 6.07) is 5.05. The number of allylic oxidation sites excluding steroid dienone is 2. The number of likely N-dealkylation sites (N-methyl/N-ethyl adjacent to an activating group) is 1. The number of fused-ring (bicyclic) bond motifs is 3. The molecule has 12 heteroatoms.